The monoisotopic (exact) mass is 259 g/mol. The molecule has 16 heavy (non-hydrogen) atoms. The van der Waals surface area contributed by atoms with Crippen molar-refractivity contribution >= 4 is 22.5 Å². The van der Waals surface area contributed by atoms with Crippen molar-refractivity contribution in [2.75, 3.05) is 0 Å². The molecule has 0 aromatic carbocycles. The van der Waals surface area contributed by atoms with Crippen LogP contribution in [-0.2, 0) is 0 Å². The van der Waals surface area contributed by atoms with Gasteiger partial charge < -0.3 is 9.76 Å². The highest BCUT2D eigenvalue weighted by atomic mass is 28.3. The molecule has 1 unspecified atom stereocenters. The van der Waals surface area contributed by atoms with Crippen LogP contribution in [-0.4, -0.2) is 32.9 Å². The van der Waals surface area contributed by atoms with Crippen LogP contribution in [0.1, 0.15) is 27.7 Å². The molecule has 0 aliphatic heterocycles. The van der Waals surface area contributed by atoms with Crippen LogP contribution in [0.2, 0.25) is 37.8 Å². The average molecular weight is 260 g/mol. The van der Waals surface area contributed by atoms with Crippen LogP contribution in [0.5, 0.6) is 0 Å². The molecule has 0 spiro atoms. The zero-order valence-corrected chi connectivity index (χ0v) is 14.1. The summed E-state index contributed by atoms with van der Waals surface area (Å²) >= 11 is 0. The average Bonchev–Trinajstić information content (AvgIpc) is 2.17. The lowest BCUT2D eigenvalue weighted by Crippen LogP contribution is -2.57. The van der Waals surface area contributed by atoms with E-state index in [1.54, 1.807) is 0 Å². The zero-order chi connectivity index (χ0) is 13.0. The van der Waals surface area contributed by atoms with Gasteiger partial charge >= 0.3 is 0 Å². The summed E-state index contributed by atoms with van der Waals surface area (Å²) in [5.41, 5.74) is 0. The molecule has 4 heteroatoms. The lowest BCUT2D eigenvalue weighted by Gasteiger charge is -2.40. The van der Waals surface area contributed by atoms with Crippen LogP contribution in [0.15, 0.2) is 4.66 Å². The standard InChI is InChI=1S/C12H29NOSi2/c1-8-16(9-2,10-3)12(4,14)11-13-15(5,6)7/h11,14H,8-10H2,1-7H3. The minimum absolute atomic E-state index is 0.647. The first kappa shape index (κ1) is 16.1. The van der Waals surface area contributed by atoms with E-state index in [1.165, 1.54) is 0 Å². The summed E-state index contributed by atoms with van der Waals surface area (Å²) in [6, 6.07) is 3.39. The number of nitrogens with zero attached hydrogens (tertiary/aromatic N) is 1. The summed E-state index contributed by atoms with van der Waals surface area (Å²) in [5.74, 6) is 0. The minimum Gasteiger partial charge on any atom is -0.388 e. The molecule has 0 aliphatic carbocycles. The van der Waals surface area contributed by atoms with Gasteiger partial charge in [-0.25, -0.2) is 0 Å². The quantitative estimate of drug-likeness (QED) is 0.573. The fourth-order valence-corrected chi connectivity index (χ4v) is 7.03. The molecule has 2 nitrogen and oxygen atoms in total. The van der Waals surface area contributed by atoms with Crippen LogP contribution >= 0.6 is 0 Å². The van der Waals surface area contributed by atoms with Gasteiger partial charge in [0.1, 0.15) is 0 Å². The minimum atomic E-state index is -1.62. The van der Waals surface area contributed by atoms with E-state index in [9.17, 15) is 5.11 Å². The Balaban J connectivity index is 5.08. The molecule has 1 N–H and O–H groups in total. The maximum Gasteiger partial charge on any atom is 0.171 e. The first-order valence-electron chi connectivity index (χ1n) is 6.43. The van der Waals surface area contributed by atoms with Crippen molar-refractivity contribution < 1.29 is 5.11 Å². The topological polar surface area (TPSA) is 32.6 Å². The van der Waals surface area contributed by atoms with Crippen molar-refractivity contribution in [1.82, 2.24) is 0 Å². The van der Waals surface area contributed by atoms with Crippen LogP contribution < -0.4 is 0 Å². The van der Waals surface area contributed by atoms with Gasteiger partial charge in [-0.2, -0.15) is 0 Å². The van der Waals surface area contributed by atoms with Crippen LogP contribution in [0.3, 0.4) is 0 Å². The van der Waals surface area contributed by atoms with Gasteiger partial charge in [-0.1, -0.05) is 38.9 Å². The Morgan fingerprint density at radius 2 is 1.44 bits per heavy atom. The highest BCUT2D eigenvalue weighted by molar-refractivity contribution is 6.85. The van der Waals surface area contributed by atoms with Crippen LogP contribution in [0.4, 0.5) is 0 Å². The Morgan fingerprint density at radius 3 is 1.69 bits per heavy atom. The maximum absolute atomic E-state index is 10.7. The third-order valence-corrected chi connectivity index (χ3v) is 11.0. The van der Waals surface area contributed by atoms with E-state index < -0.39 is 21.5 Å². The van der Waals surface area contributed by atoms with Crippen molar-refractivity contribution in [2.24, 2.45) is 4.66 Å². The van der Waals surface area contributed by atoms with E-state index in [-0.39, 0.29) is 0 Å². The maximum atomic E-state index is 10.7. The van der Waals surface area contributed by atoms with Crippen molar-refractivity contribution in [1.29, 1.82) is 0 Å². The van der Waals surface area contributed by atoms with E-state index in [0.29, 0.717) is 0 Å². The molecule has 0 rings (SSSR count). The van der Waals surface area contributed by atoms with Crippen LogP contribution in [0.25, 0.3) is 0 Å². The third-order valence-electron chi connectivity index (χ3n) is 3.81. The Bertz CT molecular complexity index is 232. The SMILES string of the molecule is CC[Si](CC)(CC)C(C)(O)C=N[Si](C)(C)C. The second-order valence-electron chi connectivity index (χ2n) is 5.92. The largest absolute Gasteiger partial charge is 0.388 e. The second-order valence-corrected chi connectivity index (χ2v) is 16.2. The molecular formula is C12H29NOSi2. The summed E-state index contributed by atoms with van der Waals surface area (Å²) in [6.45, 7) is 15.2. The summed E-state index contributed by atoms with van der Waals surface area (Å²) in [4.78, 5) is 0. The van der Waals surface area contributed by atoms with E-state index in [1.807, 2.05) is 13.1 Å². The molecule has 0 aliphatic rings. The van der Waals surface area contributed by atoms with Crippen molar-refractivity contribution in [2.45, 2.75) is 70.7 Å². The Kier molecular flexibility index (Phi) is 5.62. The van der Waals surface area contributed by atoms with Gasteiger partial charge in [-0.3, -0.25) is 0 Å². The fraction of sp³-hybridized carbons (Fsp3) is 0.917. The zero-order valence-electron chi connectivity index (χ0n) is 12.1. The smallest absolute Gasteiger partial charge is 0.171 e. The van der Waals surface area contributed by atoms with Crippen molar-refractivity contribution in [3.8, 4) is 0 Å². The van der Waals surface area contributed by atoms with E-state index >= 15 is 0 Å². The number of hydrogen-bond acceptors (Lipinski definition) is 2. The number of aliphatic hydroxyl groups is 1. The van der Waals surface area contributed by atoms with E-state index in [4.69, 9.17) is 0 Å². The van der Waals surface area contributed by atoms with Gasteiger partial charge in [0.05, 0.1) is 13.3 Å². The van der Waals surface area contributed by atoms with Crippen LogP contribution in [0, 0.1) is 0 Å². The van der Waals surface area contributed by atoms with E-state index in [0.717, 1.165) is 18.1 Å². The lowest BCUT2D eigenvalue weighted by atomic mass is 10.4. The molecule has 1 atom stereocenters. The normalized spacial score (nSPS) is 17.8. The lowest BCUT2D eigenvalue weighted by molar-refractivity contribution is 0.208. The van der Waals surface area contributed by atoms with Crippen molar-refractivity contribution in [3.05, 3.63) is 0 Å². The van der Waals surface area contributed by atoms with E-state index in [2.05, 4.69) is 45.1 Å². The molecule has 0 bridgehead atoms. The first-order valence-corrected chi connectivity index (χ1v) is 12.5. The molecule has 0 heterocycles. The van der Waals surface area contributed by atoms with Gasteiger partial charge in [0.2, 0.25) is 0 Å². The van der Waals surface area contributed by atoms with Gasteiger partial charge in [-0.05, 0) is 26.6 Å². The van der Waals surface area contributed by atoms with Gasteiger partial charge in [-0.15, -0.1) is 0 Å². The molecule has 0 saturated carbocycles. The molecule has 0 saturated heterocycles. The predicted molar refractivity (Wildman–Crippen MR) is 79.7 cm³/mol. The highest BCUT2D eigenvalue weighted by Gasteiger charge is 2.44. The molecule has 0 aromatic heterocycles. The number of rotatable bonds is 6. The van der Waals surface area contributed by atoms with Crippen molar-refractivity contribution in [3.63, 3.8) is 0 Å². The first-order chi connectivity index (χ1) is 7.14. The molecule has 0 radical (unpaired) electrons. The summed E-state index contributed by atoms with van der Waals surface area (Å²) in [6.07, 6.45) is 1.88. The molecule has 0 amide bonds. The van der Waals surface area contributed by atoms with Gasteiger partial charge in [0.25, 0.3) is 0 Å². The molecule has 0 fully saturated rings. The molecule has 96 valence electrons. The highest BCUT2D eigenvalue weighted by Crippen LogP contribution is 2.31. The summed E-state index contributed by atoms with van der Waals surface area (Å²) in [5, 5.41) is 10.1. The summed E-state index contributed by atoms with van der Waals surface area (Å²) < 4.78 is 4.64. The van der Waals surface area contributed by atoms with Gasteiger partial charge in [0.15, 0.2) is 8.24 Å². The Hall–Kier alpha value is 0.0638. The third kappa shape index (κ3) is 3.82. The molecular weight excluding hydrogens is 230 g/mol. The summed E-state index contributed by atoms with van der Waals surface area (Å²) in [7, 11) is -3.07. The predicted octanol–water partition coefficient (Wildman–Crippen LogP) is 3.69. The Labute approximate surface area is 103 Å². The number of hydrogen-bond donors (Lipinski definition) is 1. The fourth-order valence-electron chi connectivity index (χ4n) is 2.28. The molecule has 0 aromatic rings. The van der Waals surface area contributed by atoms with Gasteiger partial charge in [0, 0.05) is 6.21 Å². The Morgan fingerprint density at radius 1 is 1.06 bits per heavy atom. The second kappa shape index (κ2) is 5.60.